The maximum Gasteiger partial charge on any atom is 0.251 e. The molecule has 4 rings (SSSR count). The van der Waals surface area contributed by atoms with Crippen LogP contribution < -0.4 is 10.6 Å². The van der Waals surface area contributed by atoms with Gasteiger partial charge in [-0.15, -0.1) is 0 Å². The zero-order valence-corrected chi connectivity index (χ0v) is 14.2. The van der Waals surface area contributed by atoms with Gasteiger partial charge in [-0.3, -0.25) is 4.79 Å². The predicted molar refractivity (Wildman–Crippen MR) is 98.5 cm³/mol. The van der Waals surface area contributed by atoms with Crippen LogP contribution in [0.5, 0.6) is 0 Å². The molecule has 0 atom stereocenters. The summed E-state index contributed by atoms with van der Waals surface area (Å²) in [5.41, 5.74) is 2.23. The third-order valence-electron chi connectivity index (χ3n) is 5.65. The average molecular weight is 322 g/mol. The summed E-state index contributed by atoms with van der Waals surface area (Å²) in [6.07, 6.45) is 7.12. The number of carbonyl (C=O) groups excluding carboxylic acids is 1. The number of amides is 1. The molecule has 1 heterocycles. The van der Waals surface area contributed by atoms with Crippen LogP contribution >= 0.6 is 0 Å². The van der Waals surface area contributed by atoms with Crippen LogP contribution in [0.1, 0.15) is 60.4 Å². The van der Waals surface area contributed by atoms with Gasteiger partial charge in [-0.1, -0.05) is 37.1 Å². The van der Waals surface area contributed by atoms with Crippen LogP contribution in [0.2, 0.25) is 0 Å². The van der Waals surface area contributed by atoms with E-state index in [-0.39, 0.29) is 5.91 Å². The maximum atomic E-state index is 12.5. The molecule has 0 aromatic heterocycles. The molecule has 1 saturated heterocycles. The minimum Gasteiger partial charge on any atom is -0.349 e. The number of fused-ring (bicyclic) bond motifs is 1. The van der Waals surface area contributed by atoms with Crippen molar-refractivity contribution in [2.24, 2.45) is 0 Å². The number of nitrogens with one attached hydrogen (secondary N) is 2. The van der Waals surface area contributed by atoms with E-state index in [0.717, 1.165) is 31.5 Å². The quantitative estimate of drug-likeness (QED) is 0.897. The number of benzene rings is 2. The van der Waals surface area contributed by atoms with Gasteiger partial charge < -0.3 is 10.6 Å². The predicted octanol–water partition coefficient (Wildman–Crippen LogP) is 3.98. The summed E-state index contributed by atoms with van der Waals surface area (Å²) in [5.74, 6) is 0.712. The fraction of sp³-hybridized carbons (Fsp3) is 0.476. The average Bonchev–Trinajstić information content (AvgIpc) is 3.14. The highest BCUT2D eigenvalue weighted by Crippen LogP contribution is 2.32. The second-order valence-corrected chi connectivity index (χ2v) is 7.26. The van der Waals surface area contributed by atoms with Gasteiger partial charge >= 0.3 is 0 Å². The summed E-state index contributed by atoms with van der Waals surface area (Å²) in [6, 6.07) is 13.1. The van der Waals surface area contributed by atoms with Crippen LogP contribution in [-0.4, -0.2) is 25.0 Å². The molecular formula is C21H26N2O. The first-order valence-corrected chi connectivity index (χ1v) is 9.35. The SMILES string of the molecule is O=C(NC1CCCC1)c1ccc2c(C3CCNCC3)cccc2c1. The van der Waals surface area contributed by atoms with E-state index in [1.165, 1.54) is 42.0 Å². The van der Waals surface area contributed by atoms with Crippen molar-refractivity contribution in [1.29, 1.82) is 0 Å². The number of piperidine rings is 1. The Bertz CT molecular complexity index is 728. The van der Waals surface area contributed by atoms with Gasteiger partial charge in [0.1, 0.15) is 0 Å². The van der Waals surface area contributed by atoms with Crippen LogP contribution in [0.3, 0.4) is 0 Å². The molecule has 2 aromatic rings. The maximum absolute atomic E-state index is 12.5. The van der Waals surface area contributed by atoms with Gasteiger partial charge in [0.25, 0.3) is 5.91 Å². The second kappa shape index (κ2) is 6.94. The number of rotatable bonds is 3. The van der Waals surface area contributed by atoms with E-state index >= 15 is 0 Å². The molecule has 126 valence electrons. The van der Waals surface area contributed by atoms with Crippen molar-refractivity contribution in [1.82, 2.24) is 10.6 Å². The molecule has 2 N–H and O–H groups in total. The third-order valence-corrected chi connectivity index (χ3v) is 5.65. The molecule has 2 aromatic carbocycles. The van der Waals surface area contributed by atoms with Crippen molar-refractivity contribution in [2.75, 3.05) is 13.1 Å². The number of carbonyl (C=O) groups is 1. The van der Waals surface area contributed by atoms with E-state index in [4.69, 9.17) is 0 Å². The van der Waals surface area contributed by atoms with Gasteiger partial charge in [0, 0.05) is 11.6 Å². The molecule has 0 spiro atoms. The molecule has 3 heteroatoms. The van der Waals surface area contributed by atoms with Crippen molar-refractivity contribution in [3.63, 3.8) is 0 Å². The largest absolute Gasteiger partial charge is 0.349 e. The topological polar surface area (TPSA) is 41.1 Å². The van der Waals surface area contributed by atoms with Gasteiger partial charge in [0.05, 0.1) is 0 Å². The Morgan fingerprint density at radius 1 is 1.00 bits per heavy atom. The van der Waals surface area contributed by atoms with Crippen LogP contribution in [0.4, 0.5) is 0 Å². The standard InChI is InChI=1S/C21H26N2O/c24-21(23-18-5-1-2-6-18)17-8-9-20-16(14-17)4-3-7-19(20)15-10-12-22-13-11-15/h3-4,7-9,14-15,18,22H,1-2,5-6,10-13H2,(H,23,24). The van der Waals surface area contributed by atoms with Crippen molar-refractivity contribution in [2.45, 2.75) is 50.5 Å². The minimum absolute atomic E-state index is 0.0797. The molecule has 1 amide bonds. The molecule has 2 aliphatic rings. The van der Waals surface area contributed by atoms with Crippen molar-refractivity contribution in [3.8, 4) is 0 Å². The molecule has 0 unspecified atom stereocenters. The Hall–Kier alpha value is -1.87. The lowest BCUT2D eigenvalue weighted by Crippen LogP contribution is -2.32. The summed E-state index contributed by atoms with van der Waals surface area (Å²) >= 11 is 0. The molecule has 0 bridgehead atoms. The first-order valence-electron chi connectivity index (χ1n) is 9.35. The number of hydrogen-bond donors (Lipinski definition) is 2. The summed E-state index contributed by atoms with van der Waals surface area (Å²) in [5, 5.41) is 9.12. The Morgan fingerprint density at radius 3 is 2.58 bits per heavy atom. The Labute approximate surface area is 143 Å². The molecule has 3 nitrogen and oxygen atoms in total. The van der Waals surface area contributed by atoms with Gasteiger partial charge in [-0.2, -0.15) is 0 Å². The van der Waals surface area contributed by atoms with E-state index in [1.54, 1.807) is 0 Å². The van der Waals surface area contributed by atoms with Gasteiger partial charge in [0.15, 0.2) is 0 Å². The first kappa shape index (κ1) is 15.6. The fourth-order valence-electron chi connectivity index (χ4n) is 4.28. The van der Waals surface area contributed by atoms with Crippen LogP contribution in [0.25, 0.3) is 10.8 Å². The Kier molecular flexibility index (Phi) is 4.52. The normalized spacial score (nSPS) is 19.7. The Morgan fingerprint density at radius 2 is 1.79 bits per heavy atom. The van der Waals surface area contributed by atoms with Gasteiger partial charge in [-0.05, 0) is 73.2 Å². The lowest BCUT2D eigenvalue weighted by molar-refractivity contribution is 0.0938. The minimum atomic E-state index is 0.0797. The molecule has 2 fully saturated rings. The zero-order valence-electron chi connectivity index (χ0n) is 14.2. The van der Waals surface area contributed by atoms with Crippen molar-refractivity contribution >= 4 is 16.7 Å². The van der Waals surface area contributed by atoms with Crippen LogP contribution in [0, 0.1) is 0 Å². The van der Waals surface area contributed by atoms with E-state index in [9.17, 15) is 4.79 Å². The smallest absolute Gasteiger partial charge is 0.251 e. The highest BCUT2D eigenvalue weighted by Gasteiger charge is 2.20. The van der Waals surface area contributed by atoms with E-state index in [1.807, 2.05) is 6.07 Å². The van der Waals surface area contributed by atoms with E-state index < -0.39 is 0 Å². The second-order valence-electron chi connectivity index (χ2n) is 7.26. The van der Waals surface area contributed by atoms with Crippen molar-refractivity contribution < 1.29 is 4.79 Å². The first-order chi connectivity index (χ1) is 11.8. The molecule has 0 radical (unpaired) electrons. The molecule has 1 aliphatic carbocycles. The Balaban J connectivity index is 1.60. The van der Waals surface area contributed by atoms with Crippen molar-refractivity contribution in [3.05, 3.63) is 47.5 Å². The lowest BCUT2D eigenvalue weighted by Gasteiger charge is -2.24. The van der Waals surface area contributed by atoms with Crippen LogP contribution in [-0.2, 0) is 0 Å². The van der Waals surface area contributed by atoms with Gasteiger partial charge in [0.2, 0.25) is 0 Å². The highest BCUT2D eigenvalue weighted by atomic mass is 16.1. The van der Waals surface area contributed by atoms with Crippen LogP contribution in [0.15, 0.2) is 36.4 Å². The fourth-order valence-corrected chi connectivity index (χ4v) is 4.28. The van der Waals surface area contributed by atoms with Gasteiger partial charge in [-0.25, -0.2) is 0 Å². The zero-order chi connectivity index (χ0) is 16.4. The molecule has 1 aliphatic heterocycles. The highest BCUT2D eigenvalue weighted by molar-refractivity contribution is 5.99. The molecule has 1 saturated carbocycles. The third kappa shape index (κ3) is 3.18. The van der Waals surface area contributed by atoms with E-state index in [0.29, 0.717) is 12.0 Å². The molecule has 24 heavy (non-hydrogen) atoms. The lowest BCUT2D eigenvalue weighted by atomic mass is 9.86. The summed E-state index contributed by atoms with van der Waals surface area (Å²) < 4.78 is 0. The van der Waals surface area contributed by atoms with E-state index in [2.05, 4.69) is 41.0 Å². The monoisotopic (exact) mass is 322 g/mol. The summed E-state index contributed by atoms with van der Waals surface area (Å²) in [7, 11) is 0. The summed E-state index contributed by atoms with van der Waals surface area (Å²) in [6.45, 7) is 2.20. The summed E-state index contributed by atoms with van der Waals surface area (Å²) in [4.78, 5) is 12.5. The molecular weight excluding hydrogens is 296 g/mol. The number of hydrogen-bond acceptors (Lipinski definition) is 2.